The van der Waals surface area contributed by atoms with Crippen LogP contribution in [0.5, 0.6) is 0 Å². The number of carbonyl (C=O) groups excluding carboxylic acids is 1. The van der Waals surface area contributed by atoms with Gasteiger partial charge in [-0.05, 0) is 58.1 Å². The number of rotatable bonds is 2. The second-order valence-electron chi connectivity index (χ2n) is 5.10. The number of nitrogen functional groups attached to an aromatic ring is 1. The number of amides is 1. The van der Waals surface area contributed by atoms with Crippen molar-refractivity contribution in [3.63, 3.8) is 0 Å². The van der Waals surface area contributed by atoms with Gasteiger partial charge in [-0.15, -0.1) is 0 Å². The fraction of sp³-hybridized carbons (Fsp3) is 0.188. The molecule has 0 spiro atoms. The van der Waals surface area contributed by atoms with Crippen LogP contribution >= 0.6 is 15.9 Å². The summed E-state index contributed by atoms with van der Waals surface area (Å²) < 4.78 is 0.843. The van der Waals surface area contributed by atoms with Gasteiger partial charge in [0.2, 0.25) is 5.91 Å². The lowest BCUT2D eigenvalue weighted by Gasteiger charge is -2.12. The van der Waals surface area contributed by atoms with Gasteiger partial charge < -0.3 is 11.1 Å². The molecule has 0 saturated heterocycles. The minimum atomic E-state index is 0.000676. The van der Waals surface area contributed by atoms with E-state index in [1.807, 2.05) is 18.2 Å². The van der Waals surface area contributed by atoms with Crippen LogP contribution in [0.4, 0.5) is 11.4 Å². The number of nitrogens with one attached hydrogen (secondary N) is 1. The van der Waals surface area contributed by atoms with Crippen molar-refractivity contribution in [2.75, 3.05) is 11.1 Å². The Morgan fingerprint density at radius 1 is 1.15 bits per heavy atom. The second kappa shape index (κ2) is 5.29. The number of hydrogen-bond donors (Lipinski definition) is 2. The SMILES string of the molecule is Nc1ccc(Br)c(NC(=O)C2Cc3ccccc3C2)c1. The highest BCUT2D eigenvalue weighted by molar-refractivity contribution is 9.10. The van der Waals surface area contributed by atoms with Crippen LogP contribution in [0, 0.1) is 5.92 Å². The maximum Gasteiger partial charge on any atom is 0.228 e. The van der Waals surface area contributed by atoms with Gasteiger partial charge in [0, 0.05) is 16.1 Å². The van der Waals surface area contributed by atoms with Crippen molar-refractivity contribution in [3.8, 4) is 0 Å². The Labute approximate surface area is 126 Å². The zero-order valence-corrected chi connectivity index (χ0v) is 12.5. The third kappa shape index (κ3) is 2.56. The summed E-state index contributed by atoms with van der Waals surface area (Å²) >= 11 is 3.43. The molecule has 0 aliphatic heterocycles. The Morgan fingerprint density at radius 2 is 1.80 bits per heavy atom. The number of anilines is 2. The van der Waals surface area contributed by atoms with Crippen LogP contribution in [0.15, 0.2) is 46.9 Å². The molecule has 3 N–H and O–H groups in total. The minimum Gasteiger partial charge on any atom is -0.399 e. The molecule has 0 heterocycles. The van der Waals surface area contributed by atoms with Crippen molar-refractivity contribution in [2.45, 2.75) is 12.8 Å². The summed E-state index contributed by atoms with van der Waals surface area (Å²) in [6.45, 7) is 0. The quantitative estimate of drug-likeness (QED) is 0.829. The summed E-state index contributed by atoms with van der Waals surface area (Å²) in [6.07, 6.45) is 1.61. The molecule has 1 aliphatic rings. The highest BCUT2D eigenvalue weighted by atomic mass is 79.9. The molecular weight excluding hydrogens is 316 g/mol. The van der Waals surface area contributed by atoms with Crippen LogP contribution in [-0.4, -0.2) is 5.91 Å². The fourth-order valence-corrected chi connectivity index (χ4v) is 2.96. The first kappa shape index (κ1) is 13.2. The molecule has 1 aliphatic carbocycles. The van der Waals surface area contributed by atoms with Crippen LogP contribution in [0.3, 0.4) is 0 Å². The number of nitrogens with two attached hydrogens (primary N) is 1. The normalized spacial score (nSPS) is 14.1. The first-order chi connectivity index (χ1) is 9.63. The van der Waals surface area contributed by atoms with Gasteiger partial charge in [0.25, 0.3) is 0 Å². The van der Waals surface area contributed by atoms with Gasteiger partial charge in [0.15, 0.2) is 0 Å². The zero-order chi connectivity index (χ0) is 14.1. The van der Waals surface area contributed by atoms with E-state index in [0.717, 1.165) is 23.0 Å². The molecule has 0 fully saturated rings. The summed E-state index contributed by atoms with van der Waals surface area (Å²) in [5.74, 6) is 0.0493. The monoisotopic (exact) mass is 330 g/mol. The van der Waals surface area contributed by atoms with Gasteiger partial charge in [-0.3, -0.25) is 4.79 Å². The van der Waals surface area contributed by atoms with E-state index in [0.29, 0.717) is 5.69 Å². The molecule has 0 atom stereocenters. The number of halogens is 1. The van der Waals surface area contributed by atoms with Gasteiger partial charge in [0.05, 0.1) is 5.69 Å². The highest BCUT2D eigenvalue weighted by Crippen LogP contribution is 2.29. The van der Waals surface area contributed by atoms with E-state index in [4.69, 9.17) is 5.73 Å². The van der Waals surface area contributed by atoms with E-state index < -0.39 is 0 Å². The molecule has 1 amide bonds. The molecule has 0 saturated carbocycles. The van der Waals surface area contributed by atoms with Crippen molar-refractivity contribution < 1.29 is 4.79 Å². The molecule has 3 nitrogen and oxygen atoms in total. The van der Waals surface area contributed by atoms with E-state index >= 15 is 0 Å². The van der Waals surface area contributed by atoms with Gasteiger partial charge in [-0.1, -0.05) is 24.3 Å². The lowest BCUT2D eigenvalue weighted by Crippen LogP contribution is -2.23. The maximum atomic E-state index is 12.4. The Bertz CT molecular complexity index is 644. The van der Waals surface area contributed by atoms with Crippen LogP contribution in [0.1, 0.15) is 11.1 Å². The number of carbonyl (C=O) groups is 1. The van der Waals surface area contributed by atoms with E-state index in [-0.39, 0.29) is 11.8 Å². The van der Waals surface area contributed by atoms with Crippen LogP contribution < -0.4 is 11.1 Å². The average molecular weight is 331 g/mol. The topological polar surface area (TPSA) is 55.1 Å². The van der Waals surface area contributed by atoms with Gasteiger partial charge in [-0.2, -0.15) is 0 Å². The molecule has 2 aromatic carbocycles. The predicted octanol–water partition coefficient (Wildman–Crippen LogP) is 3.38. The summed E-state index contributed by atoms with van der Waals surface area (Å²) in [7, 11) is 0. The van der Waals surface area contributed by atoms with E-state index in [2.05, 4.69) is 33.4 Å². The Morgan fingerprint density at radius 3 is 2.45 bits per heavy atom. The Kier molecular flexibility index (Phi) is 3.49. The van der Waals surface area contributed by atoms with Crippen molar-refractivity contribution in [1.29, 1.82) is 0 Å². The molecular formula is C16H15BrN2O. The third-order valence-corrected chi connectivity index (χ3v) is 4.36. The molecule has 20 heavy (non-hydrogen) atoms. The van der Waals surface area contributed by atoms with Crippen LogP contribution in [-0.2, 0) is 17.6 Å². The van der Waals surface area contributed by atoms with E-state index in [1.54, 1.807) is 12.1 Å². The van der Waals surface area contributed by atoms with Crippen molar-refractivity contribution in [2.24, 2.45) is 5.92 Å². The van der Waals surface area contributed by atoms with Crippen molar-refractivity contribution >= 4 is 33.2 Å². The van der Waals surface area contributed by atoms with Gasteiger partial charge in [0.1, 0.15) is 0 Å². The molecule has 0 unspecified atom stereocenters. The molecule has 3 rings (SSSR count). The maximum absolute atomic E-state index is 12.4. The van der Waals surface area contributed by atoms with Gasteiger partial charge >= 0.3 is 0 Å². The largest absolute Gasteiger partial charge is 0.399 e. The molecule has 0 radical (unpaired) electrons. The van der Waals surface area contributed by atoms with Crippen LogP contribution in [0.2, 0.25) is 0 Å². The summed E-state index contributed by atoms with van der Waals surface area (Å²) in [6, 6.07) is 13.6. The van der Waals surface area contributed by atoms with E-state index in [1.165, 1.54) is 11.1 Å². The summed E-state index contributed by atoms with van der Waals surface area (Å²) in [5, 5.41) is 2.96. The molecule has 102 valence electrons. The first-order valence-electron chi connectivity index (χ1n) is 6.56. The third-order valence-electron chi connectivity index (χ3n) is 3.67. The minimum absolute atomic E-state index is 0.000676. The highest BCUT2D eigenvalue weighted by Gasteiger charge is 2.27. The lowest BCUT2D eigenvalue weighted by atomic mass is 10.1. The number of hydrogen-bond acceptors (Lipinski definition) is 2. The standard InChI is InChI=1S/C16H15BrN2O/c17-14-6-5-13(18)9-15(14)19-16(20)12-7-10-3-1-2-4-11(10)8-12/h1-6,9,12H,7-8,18H2,(H,19,20). The molecule has 0 bridgehead atoms. The molecule has 0 aromatic heterocycles. The summed E-state index contributed by atoms with van der Waals surface area (Å²) in [4.78, 5) is 12.4. The predicted molar refractivity (Wildman–Crippen MR) is 84.5 cm³/mol. The first-order valence-corrected chi connectivity index (χ1v) is 7.35. The van der Waals surface area contributed by atoms with E-state index in [9.17, 15) is 4.79 Å². The van der Waals surface area contributed by atoms with Crippen molar-refractivity contribution in [1.82, 2.24) is 0 Å². The van der Waals surface area contributed by atoms with Crippen molar-refractivity contribution in [3.05, 3.63) is 58.1 Å². The average Bonchev–Trinajstić information content (AvgIpc) is 2.87. The molecule has 4 heteroatoms. The smallest absolute Gasteiger partial charge is 0.228 e. The Hall–Kier alpha value is -1.81. The number of benzene rings is 2. The molecule has 2 aromatic rings. The van der Waals surface area contributed by atoms with Crippen LogP contribution in [0.25, 0.3) is 0 Å². The zero-order valence-electron chi connectivity index (χ0n) is 10.9. The number of fused-ring (bicyclic) bond motifs is 1. The lowest BCUT2D eigenvalue weighted by molar-refractivity contribution is -0.119. The summed E-state index contributed by atoms with van der Waals surface area (Å²) in [5.41, 5.74) is 9.67. The Balaban J connectivity index is 1.74. The van der Waals surface area contributed by atoms with Gasteiger partial charge in [-0.25, -0.2) is 0 Å². The second-order valence-corrected chi connectivity index (χ2v) is 5.96. The fourth-order valence-electron chi connectivity index (χ4n) is 2.62.